The van der Waals surface area contributed by atoms with Gasteiger partial charge in [0, 0.05) is 18.0 Å². The molecule has 0 fully saturated rings. The molecule has 0 aliphatic carbocycles. The number of aromatic nitrogens is 1. The highest BCUT2D eigenvalue weighted by Gasteiger charge is 2.11. The van der Waals surface area contributed by atoms with Gasteiger partial charge in [0.1, 0.15) is 0 Å². The predicted molar refractivity (Wildman–Crippen MR) is 66.2 cm³/mol. The third-order valence-electron chi connectivity index (χ3n) is 2.03. The largest absolute Gasteiger partial charge is 0.329 e. The van der Waals surface area contributed by atoms with Gasteiger partial charge in [-0.05, 0) is 34.5 Å². The molecule has 0 radical (unpaired) electrons. The quantitative estimate of drug-likeness (QED) is 0.830. The second-order valence-electron chi connectivity index (χ2n) is 3.07. The zero-order chi connectivity index (χ0) is 10.5. The number of hydrogen-bond acceptors (Lipinski definition) is 4. The van der Waals surface area contributed by atoms with Crippen molar-refractivity contribution >= 4 is 23.1 Å². The van der Waals surface area contributed by atoms with Crippen LogP contribution in [0.15, 0.2) is 46.2 Å². The maximum atomic E-state index is 5.77. The van der Waals surface area contributed by atoms with E-state index in [1.54, 1.807) is 23.1 Å². The van der Waals surface area contributed by atoms with Crippen LogP contribution in [0.1, 0.15) is 10.8 Å². The lowest BCUT2D eigenvalue weighted by atomic mass is 10.2. The van der Waals surface area contributed by atoms with Crippen LogP contribution < -0.4 is 5.73 Å². The molecule has 2 nitrogen and oxygen atoms in total. The van der Waals surface area contributed by atoms with Crippen LogP contribution in [0.5, 0.6) is 0 Å². The summed E-state index contributed by atoms with van der Waals surface area (Å²) in [6.45, 7) is 0.637. The van der Waals surface area contributed by atoms with E-state index in [1.807, 2.05) is 24.4 Å². The second-order valence-corrected chi connectivity index (χ2v) is 5.07. The minimum Gasteiger partial charge on any atom is -0.329 e. The van der Waals surface area contributed by atoms with Gasteiger partial charge in [0.05, 0.1) is 5.03 Å². The SMILES string of the molecule is NCC(Sc1ccccn1)c1ccsc1. The van der Waals surface area contributed by atoms with Crippen molar-refractivity contribution in [3.8, 4) is 0 Å². The molecule has 2 N–H and O–H groups in total. The summed E-state index contributed by atoms with van der Waals surface area (Å²) < 4.78 is 0. The molecular weight excluding hydrogens is 224 g/mol. The van der Waals surface area contributed by atoms with Crippen LogP contribution in [0.3, 0.4) is 0 Å². The van der Waals surface area contributed by atoms with Crippen molar-refractivity contribution in [1.82, 2.24) is 4.98 Å². The summed E-state index contributed by atoms with van der Waals surface area (Å²) in [5.74, 6) is 0. The summed E-state index contributed by atoms with van der Waals surface area (Å²) in [6.07, 6.45) is 1.81. The molecule has 2 heterocycles. The number of hydrogen-bond donors (Lipinski definition) is 1. The van der Waals surface area contributed by atoms with Crippen molar-refractivity contribution in [2.24, 2.45) is 5.73 Å². The summed E-state index contributed by atoms with van der Waals surface area (Å²) in [6, 6.07) is 8.06. The third kappa shape index (κ3) is 2.81. The van der Waals surface area contributed by atoms with Gasteiger partial charge in [-0.2, -0.15) is 11.3 Å². The summed E-state index contributed by atoms with van der Waals surface area (Å²) in [5.41, 5.74) is 7.06. The lowest BCUT2D eigenvalue weighted by Crippen LogP contribution is -2.08. The Balaban J connectivity index is 2.10. The fraction of sp³-hybridized carbons (Fsp3) is 0.182. The van der Waals surface area contributed by atoms with E-state index in [0.717, 1.165) is 5.03 Å². The zero-order valence-electron chi connectivity index (χ0n) is 8.17. The molecule has 78 valence electrons. The summed E-state index contributed by atoms with van der Waals surface area (Å²) >= 11 is 3.42. The van der Waals surface area contributed by atoms with Gasteiger partial charge in [0.25, 0.3) is 0 Å². The number of nitrogens with two attached hydrogens (primary N) is 1. The van der Waals surface area contributed by atoms with Crippen LogP contribution in [0, 0.1) is 0 Å². The predicted octanol–water partition coefficient (Wildman–Crippen LogP) is 2.94. The average molecular weight is 236 g/mol. The van der Waals surface area contributed by atoms with Crippen molar-refractivity contribution < 1.29 is 0 Å². The maximum absolute atomic E-state index is 5.77. The normalized spacial score (nSPS) is 12.6. The first kappa shape index (κ1) is 10.7. The lowest BCUT2D eigenvalue weighted by Gasteiger charge is -2.11. The molecule has 0 saturated heterocycles. The fourth-order valence-corrected chi connectivity index (χ4v) is 3.02. The van der Waals surface area contributed by atoms with Crippen LogP contribution in [0.25, 0.3) is 0 Å². The average Bonchev–Trinajstić information content (AvgIpc) is 2.81. The van der Waals surface area contributed by atoms with Crippen LogP contribution in [-0.2, 0) is 0 Å². The Morgan fingerprint density at radius 2 is 2.33 bits per heavy atom. The Labute approximate surface area is 97.5 Å². The Hall–Kier alpha value is -0.840. The standard InChI is InChI=1S/C11H12N2S2/c12-7-10(9-4-6-14-8-9)15-11-3-1-2-5-13-11/h1-6,8,10H,7,12H2. The molecule has 0 bridgehead atoms. The zero-order valence-corrected chi connectivity index (χ0v) is 9.80. The molecule has 0 aliphatic heterocycles. The van der Waals surface area contributed by atoms with Crippen molar-refractivity contribution in [3.63, 3.8) is 0 Å². The van der Waals surface area contributed by atoms with Gasteiger partial charge in [-0.1, -0.05) is 17.8 Å². The maximum Gasteiger partial charge on any atom is 0.0966 e. The molecule has 0 amide bonds. The van der Waals surface area contributed by atoms with E-state index in [4.69, 9.17) is 5.73 Å². The Morgan fingerprint density at radius 3 is 2.93 bits per heavy atom. The van der Waals surface area contributed by atoms with E-state index in [9.17, 15) is 0 Å². The number of thioether (sulfide) groups is 1. The van der Waals surface area contributed by atoms with Gasteiger partial charge in [0.15, 0.2) is 0 Å². The van der Waals surface area contributed by atoms with Crippen molar-refractivity contribution in [3.05, 3.63) is 46.8 Å². The van der Waals surface area contributed by atoms with Crippen LogP contribution >= 0.6 is 23.1 Å². The Kier molecular flexibility index (Phi) is 3.77. The van der Waals surface area contributed by atoms with E-state index in [-0.39, 0.29) is 0 Å². The molecule has 1 unspecified atom stereocenters. The molecule has 1 atom stereocenters. The Bertz CT molecular complexity index is 386. The van der Waals surface area contributed by atoms with Crippen molar-refractivity contribution in [1.29, 1.82) is 0 Å². The lowest BCUT2D eigenvalue weighted by molar-refractivity contribution is 0.940. The van der Waals surface area contributed by atoms with Gasteiger partial charge in [0.2, 0.25) is 0 Å². The van der Waals surface area contributed by atoms with Gasteiger partial charge in [-0.25, -0.2) is 4.98 Å². The topological polar surface area (TPSA) is 38.9 Å². The molecule has 15 heavy (non-hydrogen) atoms. The summed E-state index contributed by atoms with van der Waals surface area (Å²) in [5, 5.41) is 5.56. The molecule has 2 aromatic heterocycles. The first-order valence-corrected chi connectivity index (χ1v) is 6.52. The summed E-state index contributed by atoms with van der Waals surface area (Å²) in [4.78, 5) is 4.29. The highest BCUT2D eigenvalue weighted by atomic mass is 32.2. The number of nitrogens with zero attached hydrogens (tertiary/aromatic N) is 1. The fourth-order valence-electron chi connectivity index (χ4n) is 1.27. The summed E-state index contributed by atoms with van der Waals surface area (Å²) in [7, 11) is 0. The highest BCUT2D eigenvalue weighted by Crippen LogP contribution is 2.33. The molecular formula is C11H12N2S2. The molecule has 2 rings (SSSR count). The van der Waals surface area contributed by atoms with Crippen LogP contribution in [-0.4, -0.2) is 11.5 Å². The second kappa shape index (κ2) is 5.30. The Morgan fingerprint density at radius 1 is 1.40 bits per heavy atom. The van der Waals surface area contributed by atoms with E-state index < -0.39 is 0 Å². The molecule has 4 heteroatoms. The smallest absolute Gasteiger partial charge is 0.0966 e. The first-order chi connectivity index (χ1) is 7.40. The van der Waals surface area contributed by atoms with Gasteiger partial charge in [-0.3, -0.25) is 0 Å². The highest BCUT2D eigenvalue weighted by molar-refractivity contribution is 7.99. The minimum absolute atomic E-state index is 0.311. The van der Waals surface area contributed by atoms with E-state index >= 15 is 0 Å². The molecule has 0 aliphatic rings. The molecule has 0 spiro atoms. The monoisotopic (exact) mass is 236 g/mol. The van der Waals surface area contributed by atoms with Gasteiger partial charge < -0.3 is 5.73 Å². The number of pyridine rings is 1. The van der Waals surface area contributed by atoms with E-state index in [0.29, 0.717) is 11.8 Å². The van der Waals surface area contributed by atoms with Gasteiger partial charge >= 0.3 is 0 Å². The van der Waals surface area contributed by atoms with Crippen molar-refractivity contribution in [2.75, 3.05) is 6.54 Å². The van der Waals surface area contributed by atoms with Crippen LogP contribution in [0.2, 0.25) is 0 Å². The van der Waals surface area contributed by atoms with E-state index in [1.165, 1.54) is 5.56 Å². The first-order valence-electron chi connectivity index (χ1n) is 4.70. The number of rotatable bonds is 4. The van der Waals surface area contributed by atoms with Crippen molar-refractivity contribution in [2.45, 2.75) is 10.3 Å². The minimum atomic E-state index is 0.311. The third-order valence-corrected chi connectivity index (χ3v) is 3.96. The molecule has 2 aromatic rings. The number of thiophene rings is 1. The van der Waals surface area contributed by atoms with Crippen LogP contribution in [0.4, 0.5) is 0 Å². The van der Waals surface area contributed by atoms with Gasteiger partial charge in [-0.15, -0.1) is 0 Å². The molecule has 0 aromatic carbocycles. The molecule has 0 saturated carbocycles. The van der Waals surface area contributed by atoms with E-state index in [2.05, 4.69) is 21.8 Å².